The van der Waals surface area contributed by atoms with Gasteiger partial charge in [0, 0.05) is 12.6 Å². The predicted octanol–water partition coefficient (Wildman–Crippen LogP) is -0.536. The normalized spacial score (nSPS) is 13.7. The number of sulfonamides is 1. The van der Waals surface area contributed by atoms with E-state index in [2.05, 4.69) is 10.6 Å². The minimum atomic E-state index is -3.63. The predicted molar refractivity (Wildman–Crippen MR) is 70.0 cm³/mol. The molecule has 0 aliphatic rings. The third kappa shape index (κ3) is 9.25. The van der Waals surface area contributed by atoms with E-state index in [1.54, 1.807) is 20.8 Å². The third-order valence-corrected chi connectivity index (χ3v) is 3.17. The number of carbonyl (C=O) groups is 2. The van der Waals surface area contributed by atoms with Crippen LogP contribution in [0.2, 0.25) is 0 Å². The van der Waals surface area contributed by atoms with E-state index in [9.17, 15) is 18.0 Å². The summed E-state index contributed by atoms with van der Waals surface area (Å²) in [6.45, 7) is 5.26. The van der Waals surface area contributed by atoms with Crippen LogP contribution in [-0.2, 0) is 14.8 Å². The lowest BCUT2D eigenvalue weighted by molar-refractivity contribution is -0.138. The van der Waals surface area contributed by atoms with Crippen molar-refractivity contribution in [2.24, 2.45) is 10.6 Å². The highest BCUT2D eigenvalue weighted by Gasteiger charge is 2.28. The lowest BCUT2D eigenvalue weighted by atomic mass is 9.85. The number of nitrogens with one attached hydrogen (secondary N) is 2. The molecule has 0 aliphatic carbocycles. The van der Waals surface area contributed by atoms with Gasteiger partial charge in [-0.2, -0.15) is 0 Å². The van der Waals surface area contributed by atoms with E-state index >= 15 is 0 Å². The Bertz CT molecular complexity index is 427. The highest BCUT2D eigenvalue weighted by atomic mass is 32.2. The van der Waals surface area contributed by atoms with Crippen LogP contribution in [0.1, 0.15) is 27.2 Å². The van der Waals surface area contributed by atoms with Gasteiger partial charge in [-0.1, -0.05) is 20.8 Å². The number of hydrogen-bond donors (Lipinski definition) is 4. The molecule has 0 bridgehead atoms. The highest BCUT2D eigenvalue weighted by molar-refractivity contribution is 7.89. The summed E-state index contributed by atoms with van der Waals surface area (Å²) in [5, 5.41) is 18.4. The molecule has 0 heterocycles. The second-order valence-electron chi connectivity index (χ2n) is 5.28. The zero-order valence-corrected chi connectivity index (χ0v) is 12.1. The topological polar surface area (TPSA) is 139 Å². The average molecular weight is 295 g/mol. The number of hydrogen-bond acceptors (Lipinski definition) is 4. The first-order chi connectivity index (χ1) is 8.42. The number of carboxylic acids is 1. The summed E-state index contributed by atoms with van der Waals surface area (Å²) in [5.41, 5.74) is -0.435. The van der Waals surface area contributed by atoms with Crippen molar-refractivity contribution in [2.75, 3.05) is 12.3 Å². The lowest BCUT2D eigenvalue weighted by Crippen LogP contribution is -2.49. The Kier molecular flexibility index (Phi) is 6.23. The zero-order valence-electron chi connectivity index (χ0n) is 11.3. The third-order valence-electron chi connectivity index (χ3n) is 2.40. The number of rotatable bonds is 6. The van der Waals surface area contributed by atoms with Crippen LogP contribution in [0.25, 0.3) is 0 Å². The van der Waals surface area contributed by atoms with Crippen LogP contribution in [0.5, 0.6) is 0 Å². The molecule has 5 N–H and O–H groups in total. The number of carbonyl (C=O) groups excluding carboxylic acids is 1. The van der Waals surface area contributed by atoms with Crippen LogP contribution in [0, 0.1) is 5.41 Å². The zero-order chi connectivity index (χ0) is 15.3. The molecule has 19 heavy (non-hydrogen) atoms. The maximum atomic E-state index is 11.5. The molecule has 9 heteroatoms. The van der Waals surface area contributed by atoms with Crippen molar-refractivity contribution in [1.82, 2.24) is 10.6 Å². The quantitative estimate of drug-likeness (QED) is 0.521. The Hall–Kier alpha value is -1.35. The average Bonchev–Trinajstić information content (AvgIpc) is 2.12. The van der Waals surface area contributed by atoms with E-state index in [4.69, 9.17) is 10.2 Å². The Labute approximate surface area is 112 Å². The van der Waals surface area contributed by atoms with Crippen molar-refractivity contribution >= 4 is 22.0 Å². The van der Waals surface area contributed by atoms with E-state index < -0.39 is 33.5 Å². The molecule has 2 amide bonds. The van der Waals surface area contributed by atoms with E-state index in [1.165, 1.54) is 0 Å². The molecule has 0 aromatic rings. The van der Waals surface area contributed by atoms with Gasteiger partial charge in [0.25, 0.3) is 0 Å². The number of nitrogens with two attached hydrogens (primary N) is 1. The van der Waals surface area contributed by atoms with Gasteiger partial charge in [-0.05, 0) is 5.41 Å². The largest absolute Gasteiger partial charge is 0.481 e. The maximum Gasteiger partial charge on any atom is 0.315 e. The number of urea groups is 1. The Balaban J connectivity index is 4.36. The molecule has 0 aromatic carbocycles. The van der Waals surface area contributed by atoms with Crippen molar-refractivity contribution in [3.8, 4) is 0 Å². The molecule has 1 unspecified atom stereocenters. The summed E-state index contributed by atoms with van der Waals surface area (Å²) in [6.07, 6.45) is -0.216. The monoisotopic (exact) mass is 295 g/mol. The molecule has 0 saturated carbocycles. The van der Waals surface area contributed by atoms with Gasteiger partial charge < -0.3 is 15.7 Å². The van der Waals surface area contributed by atoms with E-state index in [0.717, 1.165) is 0 Å². The van der Waals surface area contributed by atoms with E-state index in [0.29, 0.717) is 0 Å². The van der Waals surface area contributed by atoms with Gasteiger partial charge in [0.05, 0.1) is 12.2 Å². The Morgan fingerprint density at radius 1 is 1.32 bits per heavy atom. The smallest absolute Gasteiger partial charge is 0.315 e. The van der Waals surface area contributed by atoms with Crippen molar-refractivity contribution in [1.29, 1.82) is 0 Å². The minimum Gasteiger partial charge on any atom is -0.481 e. The fourth-order valence-corrected chi connectivity index (χ4v) is 1.65. The van der Waals surface area contributed by atoms with Gasteiger partial charge >= 0.3 is 12.0 Å². The summed E-state index contributed by atoms with van der Waals surface area (Å²) in [6, 6.07) is -1.19. The SMILES string of the molecule is CC(C)(C)C(CC(=O)O)NC(=O)NCCS(N)(=O)=O. The van der Waals surface area contributed by atoms with Crippen LogP contribution < -0.4 is 15.8 Å². The Morgan fingerprint density at radius 2 is 1.84 bits per heavy atom. The van der Waals surface area contributed by atoms with Gasteiger partial charge in [0.15, 0.2) is 0 Å². The molecule has 0 aromatic heterocycles. The van der Waals surface area contributed by atoms with Gasteiger partial charge in [-0.15, -0.1) is 0 Å². The van der Waals surface area contributed by atoms with Gasteiger partial charge in [0.2, 0.25) is 10.0 Å². The van der Waals surface area contributed by atoms with Gasteiger partial charge in [0.1, 0.15) is 0 Å². The van der Waals surface area contributed by atoms with Crippen LogP contribution in [-0.4, -0.2) is 43.9 Å². The Morgan fingerprint density at radius 3 is 2.21 bits per heavy atom. The molecule has 0 rings (SSSR count). The number of aliphatic carboxylic acids is 1. The fraction of sp³-hybridized carbons (Fsp3) is 0.800. The van der Waals surface area contributed by atoms with Crippen molar-refractivity contribution < 1.29 is 23.1 Å². The lowest BCUT2D eigenvalue weighted by Gasteiger charge is -2.30. The molecule has 0 spiro atoms. The minimum absolute atomic E-state index is 0.130. The maximum absolute atomic E-state index is 11.5. The summed E-state index contributed by atoms with van der Waals surface area (Å²) in [4.78, 5) is 22.2. The molecule has 0 saturated heterocycles. The highest BCUT2D eigenvalue weighted by Crippen LogP contribution is 2.21. The standard InChI is InChI=1S/C10H21N3O5S/c1-10(2,3)7(6-8(14)15)13-9(16)12-4-5-19(11,17)18/h7H,4-6H2,1-3H3,(H,14,15)(H2,11,17,18)(H2,12,13,16). The van der Waals surface area contributed by atoms with Gasteiger partial charge in [-0.3, -0.25) is 4.79 Å². The molecule has 112 valence electrons. The summed E-state index contributed by atoms with van der Waals surface area (Å²) in [5.74, 6) is -1.40. The summed E-state index contributed by atoms with van der Waals surface area (Å²) >= 11 is 0. The van der Waals surface area contributed by atoms with Crippen molar-refractivity contribution in [2.45, 2.75) is 33.2 Å². The van der Waals surface area contributed by atoms with Gasteiger partial charge in [-0.25, -0.2) is 18.4 Å². The van der Waals surface area contributed by atoms with Crippen molar-refractivity contribution in [3.63, 3.8) is 0 Å². The number of amides is 2. The molecule has 0 aliphatic heterocycles. The molecular weight excluding hydrogens is 274 g/mol. The first-order valence-corrected chi connectivity index (χ1v) is 7.40. The second-order valence-corrected chi connectivity index (χ2v) is 7.02. The fourth-order valence-electron chi connectivity index (χ4n) is 1.26. The van der Waals surface area contributed by atoms with Crippen LogP contribution >= 0.6 is 0 Å². The molecule has 0 radical (unpaired) electrons. The molecule has 0 fully saturated rings. The van der Waals surface area contributed by atoms with Crippen molar-refractivity contribution in [3.05, 3.63) is 0 Å². The van der Waals surface area contributed by atoms with E-state index in [1.807, 2.05) is 0 Å². The number of carboxylic acid groups (broad SMARTS) is 1. The second kappa shape index (κ2) is 6.71. The summed E-state index contributed by atoms with van der Waals surface area (Å²) in [7, 11) is -3.63. The van der Waals surface area contributed by atoms with Crippen LogP contribution in [0.3, 0.4) is 0 Å². The summed E-state index contributed by atoms with van der Waals surface area (Å²) < 4.78 is 21.3. The van der Waals surface area contributed by atoms with Crippen LogP contribution in [0.4, 0.5) is 4.79 Å². The van der Waals surface area contributed by atoms with Crippen LogP contribution in [0.15, 0.2) is 0 Å². The first-order valence-electron chi connectivity index (χ1n) is 5.68. The van der Waals surface area contributed by atoms with E-state index in [-0.39, 0.29) is 18.7 Å². The molecule has 8 nitrogen and oxygen atoms in total. The number of primary sulfonamides is 1. The molecular formula is C10H21N3O5S. The molecule has 1 atom stereocenters. The first kappa shape index (κ1) is 17.6.